The molecule has 1 N–H and O–H groups in total. The second-order valence-corrected chi connectivity index (χ2v) is 8.92. The number of carbonyl (C=O) groups excluding carboxylic acids is 1. The number of hydrogen-bond acceptors (Lipinski definition) is 3. The van der Waals surface area contributed by atoms with E-state index in [-0.39, 0.29) is 24.1 Å². The fourth-order valence-electron chi connectivity index (χ4n) is 2.79. The molecule has 1 aliphatic rings. The number of sulfonamides is 1. The smallest absolute Gasteiger partial charge is 0.227 e. The average Bonchev–Trinajstić information content (AvgIpc) is 2.53. The van der Waals surface area contributed by atoms with E-state index in [1.807, 2.05) is 0 Å². The molecule has 1 aliphatic heterocycles. The maximum Gasteiger partial charge on any atom is 0.227 e. The van der Waals surface area contributed by atoms with Gasteiger partial charge in [-0.1, -0.05) is 12.1 Å². The van der Waals surface area contributed by atoms with Gasteiger partial charge in [0.1, 0.15) is 5.82 Å². The van der Waals surface area contributed by atoms with Gasteiger partial charge in [0.2, 0.25) is 15.9 Å². The highest BCUT2D eigenvalue weighted by atomic mass is 32.2. The van der Waals surface area contributed by atoms with Gasteiger partial charge in [0.25, 0.3) is 0 Å². The molecule has 7 heteroatoms. The maximum absolute atomic E-state index is 13.2. The minimum Gasteiger partial charge on any atom is -0.342 e. The van der Waals surface area contributed by atoms with Gasteiger partial charge in [0, 0.05) is 19.6 Å². The summed E-state index contributed by atoms with van der Waals surface area (Å²) in [6, 6.07) is 6.05. The van der Waals surface area contributed by atoms with E-state index in [0.29, 0.717) is 25.2 Å². The molecule has 0 unspecified atom stereocenters. The van der Waals surface area contributed by atoms with Crippen LogP contribution < -0.4 is 4.72 Å². The first kappa shape index (κ1) is 18.9. The van der Waals surface area contributed by atoms with Crippen molar-refractivity contribution in [3.05, 3.63) is 35.6 Å². The van der Waals surface area contributed by atoms with Crippen molar-refractivity contribution >= 4 is 15.9 Å². The van der Waals surface area contributed by atoms with Crippen molar-refractivity contribution in [3.8, 4) is 0 Å². The largest absolute Gasteiger partial charge is 0.342 e. The lowest BCUT2D eigenvalue weighted by Gasteiger charge is -2.33. The highest BCUT2D eigenvalue weighted by Crippen LogP contribution is 2.18. The first-order chi connectivity index (χ1) is 11.3. The number of amides is 1. The van der Waals surface area contributed by atoms with Crippen LogP contribution in [0.5, 0.6) is 0 Å². The van der Waals surface area contributed by atoms with Crippen LogP contribution in [-0.4, -0.2) is 44.1 Å². The number of nitrogens with one attached hydrogen (secondary N) is 1. The normalized spacial score (nSPS) is 18.8. The zero-order valence-corrected chi connectivity index (χ0v) is 15.0. The summed E-state index contributed by atoms with van der Waals surface area (Å²) in [5.74, 6) is -0.277. The van der Waals surface area contributed by atoms with Crippen molar-refractivity contribution in [3.63, 3.8) is 0 Å². The number of nitrogens with zero attached hydrogens (tertiary/aromatic N) is 1. The van der Waals surface area contributed by atoms with E-state index >= 15 is 0 Å². The molecule has 1 atom stereocenters. The van der Waals surface area contributed by atoms with Gasteiger partial charge in [-0.3, -0.25) is 4.79 Å². The molecular formula is C17H25FN2O3S. The molecule has 1 aromatic carbocycles. The summed E-state index contributed by atoms with van der Waals surface area (Å²) in [5, 5.41) is -0.466. The zero-order chi connectivity index (χ0) is 17.7. The van der Waals surface area contributed by atoms with E-state index < -0.39 is 15.3 Å². The fourth-order valence-corrected chi connectivity index (χ4v) is 3.59. The molecule has 0 spiro atoms. The van der Waals surface area contributed by atoms with E-state index in [9.17, 15) is 17.6 Å². The van der Waals surface area contributed by atoms with Gasteiger partial charge in [0.15, 0.2) is 0 Å². The molecule has 1 fully saturated rings. The number of piperidine rings is 1. The molecule has 1 amide bonds. The van der Waals surface area contributed by atoms with Crippen LogP contribution in [-0.2, 0) is 21.2 Å². The van der Waals surface area contributed by atoms with Crippen molar-refractivity contribution < 1.29 is 17.6 Å². The monoisotopic (exact) mass is 356 g/mol. The summed E-state index contributed by atoms with van der Waals surface area (Å²) < 4.78 is 39.5. The number of benzene rings is 1. The first-order valence-electron chi connectivity index (χ1n) is 8.28. The molecule has 134 valence electrons. The molecule has 0 aliphatic carbocycles. The van der Waals surface area contributed by atoms with E-state index in [1.165, 1.54) is 12.1 Å². The highest BCUT2D eigenvalue weighted by Gasteiger charge is 2.25. The number of halogens is 1. The van der Waals surface area contributed by atoms with Crippen molar-refractivity contribution in [2.24, 2.45) is 5.92 Å². The third-order valence-corrected chi connectivity index (χ3v) is 6.12. The summed E-state index contributed by atoms with van der Waals surface area (Å²) >= 11 is 0. The van der Waals surface area contributed by atoms with Crippen LogP contribution in [0.2, 0.25) is 0 Å². The Hall–Kier alpha value is -1.47. The molecule has 24 heavy (non-hydrogen) atoms. The van der Waals surface area contributed by atoms with Crippen LogP contribution in [0.15, 0.2) is 24.3 Å². The number of carbonyl (C=O) groups is 1. The predicted octanol–water partition coefficient (Wildman–Crippen LogP) is 1.93. The lowest BCUT2D eigenvalue weighted by Crippen LogP contribution is -2.45. The van der Waals surface area contributed by atoms with Crippen LogP contribution in [0.25, 0.3) is 0 Å². The van der Waals surface area contributed by atoms with Gasteiger partial charge in [-0.25, -0.2) is 17.5 Å². The lowest BCUT2D eigenvalue weighted by molar-refractivity contribution is -0.132. The van der Waals surface area contributed by atoms with Gasteiger partial charge in [-0.2, -0.15) is 0 Å². The minimum atomic E-state index is -3.28. The summed E-state index contributed by atoms with van der Waals surface area (Å²) in [6.45, 7) is 4.83. The van der Waals surface area contributed by atoms with Crippen LogP contribution in [0.1, 0.15) is 32.3 Å². The van der Waals surface area contributed by atoms with E-state index in [2.05, 4.69) is 4.72 Å². The Morgan fingerprint density at radius 2 is 2.17 bits per heavy atom. The van der Waals surface area contributed by atoms with Gasteiger partial charge in [-0.05, 0) is 50.3 Å². The molecule has 0 saturated carbocycles. The molecule has 0 bridgehead atoms. The Kier molecular flexibility index (Phi) is 6.34. The second-order valence-electron chi connectivity index (χ2n) is 6.60. The maximum atomic E-state index is 13.2. The third-order valence-electron chi connectivity index (χ3n) is 4.31. The molecule has 1 heterocycles. The van der Waals surface area contributed by atoms with Crippen LogP contribution in [0.3, 0.4) is 0 Å². The quantitative estimate of drug-likeness (QED) is 0.847. The van der Waals surface area contributed by atoms with Crippen molar-refractivity contribution in [2.75, 3.05) is 19.6 Å². The molecule has 0 aromatic heterocycles. The minimum absolute atomic E-state index is 0.0444. The summed E-state index contributed by atoms with van der Waals surface area (Å²) in [6.07, 6.45) is 1.91. The molecule has 1 saturated heterocycles. The van der Waals surface area contributed by atoms with Gasteiger partial charge >= 0.3 is 0 Å². The van der Waals surface area contributed by atoms with Crippen molar-refractivity contribution in [2.45, 2.75) is 38.4 Å². The molecular weight excluding hydrogens is 331 g/mol. The lowest BCUT2D eigenvalue weighted by atomic mass is 9.97. The molecule has 2 rings (SSSR count). The Bertz CT molecular complexity index is 676. The Balaban J connectivity index is 1.89. The third kappa shape index (κ3) is 5.27. The molecule has 1 aromatic rings. The predicted molar refractivity (Wildman–Crippen MR) is 91.5 cm³/mol. The number of hydrogen-bond donors (Lipinski definition) is 1. The summed E-state index contributed by atoms with van der Waals surface area (Å²) in [7, 11) is -3.28. The molecule has 5 nitrogen and oxygen atoms in total. The standard InChI is InChI=1S/C17H25FN2O3S/c1-13(2)24(22,23)19-11-15-6-4-8-20(12-15)17(21)10-14-5-3-7-16(18)9-14/h3,5,7,9,13,15,19H,4,6,8,10-12H2,1-2H3/t15-/m0/s1. The summed E-state index contributed by atoms with van der Waals surface area (Å²) in [5.41, 5.74) is 0.655. The van der Waals surface area contributed by atoms with E-state index in [4.69, 9.17) is 0 Å². The SMILES string of the molecule is CC(C)S(=O)(=O)NC[C@@H]1CCCN(C(=O)Cc2cccc(F)c2)C1. The zero-order valence-electron chi connectivity index (χ0n) is 14.2. The Morgan fingerprint density at radius 3 is 2.83 bits per heavy atom. The Labute approximate surface area is 143 Å². The van der Waals surface area contributed by atoms with Crippen LogP contribution in [0.4, 0.5) is 4.39 Å². The molecule has 0 radical (unpaired) electrons. The first-order valence-corrected chi connectivity index (χ1v) is 9.83. The van der Waals surface area contributed by atoms with Crippen LogP contribution in [0, 0.1) is 11.7 Å². The van der Waals surface area contributed by atoms with E-state index in [1.54, 1.807) is 30.9 Å². The van der Waals surface area contributed by atoms with Crippen LogP contribution >= 0.6 is 0 Å². The Morgan fingerprint density at radius 1 is 1.42 bits per heavy atom. The highest BCUT2D eigenvalue weighted by molar-refractivity contribution is 7.90. The van der Waals surface area contributed by atoms with Crippen molar-refractivity contribution in [1.82, 2.24) is 9.62 Å². The van der Waals surface area contributed by atoms with Crippen molar-refractivity contribution in [1.29, 1.82) is 0 Å². The van der Waals surface area contributed by atoms with Gasteiger partial charge in [-0.15, -0.1) is 0 Å². The van der Waals surface area contributed by atoms with Gasteiger partial charge in [0.05, 0.1) is 11.7 Å². The van der Waals surface area contributed by atoms with Gasteiger partial charge < -0.3 is 4.90 Å². The van der Waals surface area contributed by atoms with E-state index in [0.717, 1.165) is 12.8 Å². The number of rotatable bonds is 6. The summed E-state index contributed by atoms with van der Waals surface area (Å²) in [4.78, 5) is 14.2. The average molecular weight is 356 g/mol. The number of likely N-dealkylation sites (tertiary alicyclic amines) is 1. The fraction of sp³-hybridized carbons (Fsp3) is 0.588. The second kappa shape index (κ2) is 8.07. The topological polar surface area (TPSA) is 66.5 Å².